The Balaban J connectivity index is 1.94. The average molecular weight is 354 g/mol. The van der Waals surface area contributed by atoms with Crippen molar-refractivity contribution in [1.82, 2.24) is 10.2 Å². The Labute approximate surface area is 148 Å². The lowest BCUT2D eigenvalue weighted by Crippen LogP contribution is -2.29. The molecule has 2 bridgehead atoms. The van der Waals surface area contributed by atoms with Crippen LogP contribution < -0.4 is 15.4 Å². The monoisotopic (exact) mass is 354 g/mol. The molecule has 0 amide bonds. The van der Waals surface area contributed by atoms with Gasteiger partial charge in [0.05, 0.1) is 18.8 Å². The van der Waals surface area contributed by atoms with Crippen molar-refractivity contribution < 1.29 is 13.8 Å². The van der Waals surface area contributed by atoms with Crippen LogP contribution >= 0.6 is 7.37 Å². The van der Waals surface area contributed by atoms with Crippen molar-refractivity contribution in [2.75, 3.05) is 13.8 Å². The lowest BCUT2D eigenvalue weighted by molar-refractivity contribution is 0.302. The summed E-state index contributed by atoms with van der Waals surface area (Å²) in [6.07, 6.45) is 0. The van der Waals surface area contributed by atoms with E-state index < -0.39 is 7.37 Å². The van der Waals surface area contributed by atoms with Crippen molar-refractivity contribution in [3.63, 3.8) is 0 Å². The van der Waals surface area contributed by atoms with Crippen LogP contribution in [0.25, 0.3) is 0 Å². The third kappa shape index (κ3) is 4.52. The molecule has 128 valence electrons. The van der Waals surface area contributed by atoms with E-state index in [-0.39, 0.29) is 6.00 Å². The summed E-state index contributed by atoms with van der Waals surface area (Å²) < 4.78 is 23.7. The lowest BCUT2D eigenvalue weighted by atomic mass is 9.87. The Kier molecular flexibility index (Phi) is 5.29. The van der Waals surface area contributed by atoms with Crippen LogP contribution in [0.5, 0.6) is 5.75 Å². The number of fused-ring (bicyclic) bond motifs is 2. The van der Waals surface area contributed by atoms with Gasteiger partial charge in [-0.3, -0.25) is 4.57 Å². The van der Waals surface area contributed by atoms with E-state index in [2.05, 4.69) is 22.1 Å². The second-order valence-electron chi connectivity index (χ2n) is 6.08. The number of ether oxygens (including phenoxy) is 1. The maximum Gasteiger partial charge on any atom is 0.246 e. The maximum absolute atomic E-state index is 12.9. The Hall–Kier alpha value is -2.06. The predicted octanol–water partition coefficient (Wildman–Crippen LogP) is 1.84. The molecule has 2 aromatic rings. The molecule has 1 N–H and O–H groups in total. The third-order valence-corrected chi connectivity index (χ3v) is 5.66. The summed E-state index contributed by atoms with van der Waals surface area (Å²) in [4.78, 5) is 4.48. The Bertz CT molecular complexity index is 874. The average Bonchev–Trinajstić information content (AvgIpc) is 2.62. The quantitative estimate of drug-likeness (QED) is 0.481. The largest absolute Gasteiger partial charge is 0.497 e. The summed E-state index contributed by atoms with van der Waals surface area (Å²) in [7, 11) is -0.711. The van der Waals surface area contributed by atoms with Crippen LogP contribution in [0.15, 0.2) is 36.4 Å². The van der Waals surface area contributed by atoms with Crippen LogP contribution in [0, 0.1) is 11.8 Å². The zero-order chi connectivity index (χ0) is 17.9. The van der Waals surface area contributed by atoms with Crippen molar-refractivity contribution in [3.8, 4) is 17.6 Å². The molecule has 25 heavy (non-hydrogen) atoms. The Morgan fingerprint density at radius 3 is 2.72 bits per heavy atom. The van der Waals surface area contributed by atoms with Crippen molar-refractivity contribution in [2.45, 2.75) is 19.5 Å². The van der Waals surface area contributed by atoms with Gasteiger partial charge in [-0.25, -0.2) is 4.98 Å². The second kappa shape index (κ2) is 7.45. The van der Waals surface area contributed by atoms with Crippen molar-refractivity contribution in [2.24, 2.45) is 0 Å². The molecule has 0 spiro atoms. The van der Waals surface area contributed by atoms with Crippen LogP contribution in [-0.4, -0.2) is 32.2 Å². The van der Waals surface area contributed by atoms with Gasteiger partial charge in [-0.2, -0.15) is 0 Å². The molecule has 0 fully saturated rings. The van der Waals surface area contributed by atoms with Gasteiger partial charge in [-0.15, -0.1) is 0 Å². The van der Waals surface area contributed by atoms with E-state index in [9.17, 15) is 4.57 Å². The molecule has 2 atom stereocenters. The highest BCUT2D eigenvalue weighted by Crippen LogP contribution is 2.42. The molecule has 0 saturated carbocycles. The van der Waals surface area contributed by atoms with E-state index in [4.69, 9.17) is 9.26 Å². The Morgan fingerprint density at radius 1 is 1.28 bits per heavy atom. The minimum absolute atomic E-state index is 0.138. The van der Waals surface area contributed by atoms with Crippen molar-refractivity contribution >= 4 is 20.2 Å². The van der Waals surface area contributed by atoms with E-state index in [0.29, 0.717) is 19.4 Å². The molecule has 7 heteroatoms. The first-order valence-corrected chi connectivity index (χ1v) is 10.2. The minimum atomic E-state index is -2.97. The first-order valence-electron chi connectivity index (χ1n) is 8.10. The number of rotatable bonds is 1. The van der Waals surface area contributed by atoms with Gasteiger partial charge >= 0.3 is 0 Å². The van der Waals surface area contributed by atoms with E-state index in [1.54, 1.807) is 19.8 Å². The first kappa shape index (κ1) is 17.8. The number of aromatic nitrogens is 1. The fourth-order valence-electron chi connectivity index (χ4n) is 2.60. The lowest BCUT2D eigenvalue weighted by Gasteiger charge is -2.17. The van der Waals surface area contributed by atoms with Gasteiger partial charge in [-0.1, -0.05) is 11.8 Å². The summed E-state index contributed by atoms with van der Waals surface area (Å²) in [6.45, 7) is 4.11. The van der Waals surface area contributed by atoms with Gasteiger partial charge in [0.25, 0.3) is 0 Å². The molecule has 0 radical (unpaired) electrons. The van der Waals surface area contributed by atoms with Crippen LogP contribution in [0.2, 0.25) is 0 Å². The molecule has 0 aliphatic carbocycles. The number of pyridine rings is 1. The van der Waals surface area contributed by atoms with Gasteiger partial charge in [0, 0.05) is 24.3 Å². The highest BCUT2D eigenvalue weighted by Gasteiger charge is 2.26. The molecule has 1 aromatic carbocycles. The number of hydrogen-bond donors (Lipinski definition) is 1. The SMILES string of the molecule is COc1ccc(C#Cc2cc3nc(c2)P(C)(=O)OC(C)BNC3)cc1. The van der Waals surface area contributed by atoms with Crippen molar-refractivity contribution in [1.29, 1.82) is 0 Å². The summed E-state index contributed by atoms with van der Waals surface area (Å²) in [6, 6.07) is 11.1. The topological polar surface area (TPSA) is 60.5 Å². The molecule has 1 aromatic heterocycles. The number of nitrogens with zero attached hydrogens (tertiary/aromatic N) is 1. The zero-order valence-corrected chi connectivity index (χ0v) is 15.5. The second-order valence-corrected chi connectivity index (χ2v) is 8.44. The highest BCUT2D eigenvalue weighted by atomic mass is 31.2. The minimum Gasteiger partial charge on any atom is -0.497 e. The molecular formula is C18H20BN2O3P. The summed E-state index contributed by atoms with van der Waals surface area (Å²) >= 11 is 0. The van der Waals surface area contributed by atoms with E-state index >= 15 is 0 Å². The predicted molar refractivity (Wildman–Crippen MR) is 101 cm³/mol. The van der Waals surface area contributed by atoms with Crippen LogP contribution in [0.4, 0.5) is 0 Å². The molecule has 1 aliphatic rings. The van der Waals surface area contributed by atoms with Gasteiger partial charge in [0.15, 0.2) is 0 Å². The highest BCUT2D eigenvalue weighted by molar-refractivity contribution is 7.66. The number of hydrogen-bond acceptors (Lipinski definition) is 5. The van der Waals surface area contributed by atoms with E-state index in [1.165, 1.54) is 0 Å². The van der Waals surface area contributed by atoms with Gasteiger partial charge in [-0.05, 0) is 43.3 Å². The van der Waals surface area contributed by atoms with Gasteiger partial charge in [0.2, 0.25) is 14.8 Å². The smallest absolute Gasteiger partial charge is 0.246 e. The molecule has 2 heterocycles. The molecule has 5 nitrogen and oxygen atoms in total. The van der Waals surface area contributed by atoms with Gasteiger partial charge < -0.3 is 14.5 Å². The van der Waals surface area contributed by atoms with Crippen LogP contribution in [-0.2, 0) is 15.6 Å². The standard InChI is InChI=1S/C18H20BN2O3P/c1-13-19-20-12-16-10-15(11-18(21-16)25(3,22)24-13)5-4-14-6-8-17(23-2)9-7-14/h6-11,13,19-20H,12H2,1-3H3. The summed E-state index contributed by atoms with van der Waals surface area (Å²) in [5.41, 5.74) is 2.95. The fourth-order valence-corrected chi connectivity index (χ4v) is 4.15. The number of nitrogens with one attached hydrogen (secondary N) is 1. The summed E-state index contributed by atoms with van der Waals surface area (Å²) in [5.74, 6) is 7.04. The Morgan fingerprint density at radius 2 is 2.00 bits per heavy atom. The number of methoxy groups -OCH3 is 1. The molecule has 2 unspecified atom stereocenters. The summed E-state index contributed by atoms with van der Waals surface area (Å²) in [5, 5.41) is 3.27. The van der Waals surface area contributed by atoms with Crippen LogP contribution in [0.1, 0.15) is 23.7 Å². The fraction of sp³-hybridized carbons (Fsp3) is 0.278. The van der Waals surface area contributed by atoms with Gasteiger partial charge in [0.1, 0.15) is 11.2 Å². The maximum atomic E-state index is 12.9. The third-order valence-electron chi connectivity index (χ3n) is 3.84. The normalized spacial score (nSPS) is 22.4. The first-order chi connectivity index (χ1) is 12.0. The van der Waals surface area contributed by atoms with E-state index in [0.717, 1.165) is 22.6 Å². The van der Waals surface area contributed by atoms with Crippen molar-refractivity contribution in [3.05, 3.63) is 53.2 Å². The molecule has 3 rings (SSSR count). The molecule has 1 aliphatic heterocycles. The zero-order valence-electron chi connectivity index (χ0n) is 14.6. The van der Waals surface area contributed by atoms with E-state index in [1.807, 2.05) is 37.3 Å². The number of benzene rings is 1. The van der Waals surface area contributed by atoms with Crippen LogP contribution in [0.3, 0.4) is 0 Å². The molecular weight excluding hydrogens is 334 g/mol. The molecule has 0 saturated heterocycles.